The fourth-order valence-electron chi connectivity index (χ4n) is 2.79. The number of methoxy groups -OCH3 is 2. The summed E-state index contributed by atoms with van der Waals surface area (Å²) >= 11 is 5.91. The van der Waals surface area contributed by atoms with Crippen molar-refractivity contribution in [2.75, 3.05) is 32.2 Å². The first-order valence-electron chi connectivity index (χ1n) is 7.18. The van der Waals surface area contributed by atoms with Crippen molar-refractivity contribution in [2.24, 2.45) is 0 Å². The summed E-state index contributed by atoms with van der Waals surface area (Å²) in [5.41, 5.74) is 1.15. The summed E-state index contributed by atoms with van der Waals surface area (Å²) in [6.07, 6.45) is 1.68. The first kappa shape index (κ1) is 16.6. The van der Waals surface area contributed by atoms with Crippen LogP contribution in [0.2, 0.25) is 0 Å². The molecule has 2 aliphatic heterocycles. The van der Waals surface area contributed by atoms with Crippen LogP contribution in [-0.2, 0) is 4.79 Å². The van der Waals surface area contributed by atoms with Crippen LogP contribution in [0.15, 0.2) is 28.4 Å². The van der Waals surface area contributed by atoms with Crippen LogP contribution in [0.5, 0.6) is 11.5 Å². The van der Waals surface area contributed by atoms with Gasteiger partial charge in [0.05, 0.1) is 20.6 Å². The summed E-state index contributed by atoms with van der Waals surface area (Å²) in [6.45, 7) is 0.477. The van der Waals surface area contributed by atoms with Gasteiger partial charge in [-0.15, -0.1) is 0 Å². The van der Waals surface area contributed by atoms with Crippen LogP contribution in [-0.4, -0.2) is 33.2 Å². The molecule has 2 heterocycles. The predicted octanol–water partition coefficient (Wildman–Crippen LogP) is 2.70. The maximum Gasteiger partial charge on any atom is 0.231 e. The molecular formula is C16H15ClF2N2O3. The highest BCUT2D eigenvalue weighted by Gasteiger charge is 2.33. The van der Waals surface area contributed by atoms with Gasteiger partial charge in [-0.3, -0.25) is 4.79 Å². The largest absolute Gasteiger partial charge is 0.493 e. The number of hydrogen-bond acceptors (Lipinski definition) is 4. The van der Waals surface area contributed by atoms with E-state index in [1.807, 2.05) is 0 Å². The van der Waals surface area contributed by atoms with Crippen LogP contribution < -0.4 is 19.7 Å². The van der Waals surface area contributed by atoms with Crippen LogP contribution in [0.25, 0.3) is 0 Å². The zero-order valence-electron chi connectivity index (χ0n) is 13.1. The second-order valence-corrected chi connectivity index (χ2v) is 5.80. The van der Waals surface area contributed by atoms with Gasteiger partial charge in [-0.2, -0.15) is 0 Å². The lowest BCUT2D eigenvalue weighted by Crippen LogP contribution is -2.41. The number of nitrogens with one attached hydrogen (secondary N) is 1. The van der Waals surface area contributed by atoms with E-state index in [2.05, 4.69) is 5.32 Å². The van der Waals surface area contributed by atoms with Gasteiger partial charge >= 0.3 is 0 Å². The lowest BCUT2D eigenvalue weighted by Gasteiger charge is -2.33. The van der Waals surface area contributed by atoms with Crippen molar-refractivity contribution in [1.29, 1.82) is 0 Å². The highest BCUT2D eigenvalue weighted by atomic mass is 35.5. The molecule has 1 N–H and O–H groups in total. The third-order valence-electron chi connectivity index (χ3n) is 4.04. The molecule has 1 aromatic rings. The Hall–Kier alpha value is -2.28. The molecule has 1 aromatic carbocycles. The van der Waals surface area contributed by atoms with E-state index in [1.165, 1.54) is 14.2 Å². The van der Waals surface area contributed by atoms with Gasteiger partial charge in [0.2, 0.25) is 5.91 Å². The van der Waals surface area contributed by atoms with Crippen molar-refractivity contribution in [3.63, 3.8) is 0 Å². The molecule has 24 heavy (non-hydrogen) atoms. The molecule has 1 amide bonds. The van der Waals surface area contributed by atoms with Gasteiger partial charge in [-0.25, -0.2) is 8.78 Å². The van der Waals surface area contributed by atoms with Crippen molar-refractivity contribution in [3.8, 4) is 11.5 Å². The Balaban J connectivity index is 2.08. The predicted molar refractivity (Wildman–Crippen MR) is 85.4 cm³/mol. The van der Waals surface area contributed by atoms with Gasteiger partial charge in [-0.1, -0.05) is 11.6 Å². The van der Waals surface area contributed by atoms with Crippen molar-refractivity contribution >= 4 is 23.2 Å². The highest BCUT2D eigenvalue weighted by molar-refractivity contribution is 6.29. The number of nitrogens with zero attached hydrogens (tertiary/aromatic N) is 1. The monoisotopic (exact) mass is 356 g/mol. The second kappa shape index (κ2) is 6.32. The number of halogens is 3. The molecule has 0 aliphatic carbocycles. The Kier molecular flexibility index (Phi) is 4.36. The van der Waals surface area contributed by atoms with Gasteiger partial charge in [-0.05, 0) is 17.2 Å². The van der Waals surface area contributed by atoms with Crippen LogP contribution in [0.1, 0.15) is 6.42 Å². The molecule has 2 aliphatic rings. The number of hydrogen-bond donors (Lipinski definition) is 1. The first-order valence-corrected chi connectivity index (χ1v) is 7.56. The average Bonchev–Trinajstić information content (AvgIpc) is 2.55. The van der Waals surface area contributed by atoms with Gasteiger partial charge in [0.15, 0.2) is 23.1 Å². The van der Waals surface area contributed by atoms with E-state index in [9.17, 15) is 13.6 Å². The number of rotatable bonds is 3. The number of amides is 1. The maximum absolute atomic E-state index is 14.6. The minimum absolute atomic E-state index is 0.0195. The summed E-state index contributed by atoms with van der Waals surface area (Å²) < 4.78 is 39.1. The summed E-state index contributed by atoms with van der Waals surface area (Å²) in [4.78, 5) is 13.5. The molecule has 0 unspecified atom stereocenters. The molecule has 0 aromatic heterocycles. The lowest BCUT2D eigenvalue weighted by molar-refractivity contribution is -0.118. The van der Waals surface area contributed by atoms with E-state index < -0.39 is 23.2 Å². The number of carbonyl (C=O) groups excluding carboxylic acids is 1. The lowest BCUT2D eigenvalue weighted by atomic mass is 9.96. The molecule has 0 saturated heterocycles. The highest BCUT2D eigenvalue weighted by Crippen LogP contribution is 2.39. The van der Waals surface area contributed by atoms with Crippen LogP contribution in [0, 0.1) is 11.6 Å². The minimum Gasteiger partial charge on any atom is -0.493 e. The molecule has 0 radical (unpaired) electrons. The summed E-state index contributed by atoms with van der Waals surface area (Å²) in [7, 11) is 2.52. The topological polar surface area (TPSA) is 50.8 Å². The molecule has 0 atom stereocenters. The molecule has 0 saturated carbocycles. The van der Waals surface area contributed by atoms with E-state index >= 15 is 0 Å². The van der Waals surface area contributed by atoms with Gasteiger partial charge in [0, 0.05) is 19.2 Å². The number of benzene rings is 1. The average molecular weight is 357 g/mol. The Bertz CT molecular complexity index is 749. The number of allylic oxidation sites excluding steroid dienone is 1. The number of carbonyl (C=O) groups is 1. The Morgan fingerprint density at radius 3 is 2.42 bits per heavy atom. The van der Waals surface area contributed by atoms with Crippen LogP contribution in [0.4, 0.5) is 14.5 Å². The molecule has 5 nitrogen and oxygen atoms in total. The SMILES string of the molecule is COc1cc(OC)c(F)c(N2CC3=C(C=C(Cl)NC3)CC2=O)c1F. The quantitative estimate of drug-likeness (QED) is 0.846. The van der Waals surface area contributed by atoms with Crippen molar-refractivity contribution in [3.05, 3.63) is 40.1 Å². The normalized spacial score (nSPS) is 17.3. The summed E-state index contributed by atoms with van der Waals surface area (Å²) in [5, 5.41) is 3.38. The Morgan fingerprint density at radius 2 is 1.83 bits per heavy atom. The summed E-state index contributed by atoms with van der Waals surface area (Å²) in [6, 6.07) is 1.11. The smallest absolute Gasteiger partial charge is 0.231 e. The maximum atomic E-state index is 14.6. The zero-order chi connectivity index (χ0) is 17.4. The van der Waals surface area contributed by atoms with Crippen molar-refractivity contribution in [1.82, 2.24) is 5.32 Å². The minimum atomic E-state index is -0.939. The number of anilines is 1. The first-order chi connectivity index (χ1) is 11.5. The van der Waals surface area contributed by atoms with E-state index in [4.69, 9.17) is 21.1 Å². The molecule has 128 valence electrons. The molecule has 8 heteroatoms. The van der Waals surface area contributed by atoms with E-state index in [1.54, 1.807) is 6.08 Å². The molecule has 0 spiro atoms. The molecular weight excluding hydrogens is 342 g/mol. The summed E-state index contributed by atoms with van der Waals surface area (Å²) in [5.74, 6) is -2.69. The fourth-order valence-corrected chi connectivity index (χ4v) is 2.99. The Labute approximate surface area is 142 Å². The van der Waals surface area contributed by atoms with E-state index in [0.29, 0.717) is 11.7 Å². The van der Waals surface area contributed by atoms with Gasteiger partial charge < -0.3 is 19.7 Å². The zero-order valence-corrected chi connectivity index (χ0v) is 13.8. The molecule has 3 rings (SSSR count). The van der Waals surface area contributed by atoms with Gasteiger partial charge in [0.1, 0.15) is 10.8 Å². The number of ether oxygens (including phenoxy) is 2. The Morgan fingerprint density at radius 1 is 1.21 bits per heavy atom. The van der Waals surface area contributed by atoms with Gasteiger partial charge in [0.25, 0.3) is 0 Å². The van der Waals surface area contributed by atoms with Crippen LogP contribution in [0.3, 0.4) is 0 Å². The second-order valence-electron chi connectivity index (χ2n) is 5.39. The van der Waals surface area contributed by atoms with E-state index in [-0.39, 0.29) is 24.5 Å². The van der Waals surface area contributed by atoms with Crippen molar-refractivity contribution < 1.29 is 23.0 Å². The van der Waals surface area contributed by atoms with Crippen LogP contribution >= 0.6 is 11.6 Å². The third-order valence-corrected chi connectivity index (χ3v) is 4.28. The molecule has 0 bridgehead atoms. The molecule has 0 fully saturated rings. The third kappa shape index (κ3) is 2.69. The number of dihydropyridines is 1. The van der Waals surface area contributed by atoms with Crippen molar-refractivity contribution in [2.45, 2.75) is 6.42 Å². The van der Waals surface area contributed by atoms with E-state index in [0.717, 1.165) is 22.1 Å². The standard InChI is InChI=1S/C16H15ClF2N2O3/c1-23-10-5-11(24-2)15(19)16(14(10)18)21-7-9-6-20-12(17)3-8(9)4-13(21)22/h3,5,20H,4,6-7H2,1-2H3. The fraction of sp³-hybridized carbons (Fsp3) is 0.312.